The first-order valence-electron chi connectivity index (χ1n) is 24.9. The van der Waals surface area contributed by atoms with Gasteiger partial charge in [0.05, 0.1) is 25.6 Å². The third kappa shape index (κ3) is 13.7. The summed E-state index contributed by atoms with van der Waals surface area (Å²) >= 11 is 1.14. The van der Waals surface area contributed by atoms with Gasteiger partial charge in [-0.2, -0.15) is 4.31 Å². The van der Waals surface area contributed by atoms with Gasteiger partial charge in [-0.05, 0) is 91.4 Å². The topological polar surface area (TPSA) is 401 Å². The monoisotopic (exact) mass is 1140 g/mol. The number of rotatable bonds is 23. The number of carbonyl (C=O) groups excluding carboxylic acids is 4. The van der Waals surface area contributed by atoms with Crippen molar-refractivity contribution in [1.29, 1.82) is 0 Å². The molecule has 2 unspecified atom stereocenters. The Morgan fingerprint density at radius 1 is 0.987 bits per heavy atom. The molecule has 15 atom stereocenters. The predicted molar refractivity (Wildman–Crippen MR) is 267 cm³/mol. The summed E-state index contributed by atoms with van der Waals surface area (Å²) in [6.45, 7) is 7.39. The normalized spacial score (nSPS) is 32.3. The summed E-state index contributed by atoms with van der Waals surface area (Å²) < 4.78 is 62.7. The van der Waals surface area contributed by atoms with Crippen LogP contribution in [0.25, 0.3) is 11.2 Å². The number of imidazole rings is 1. The van der Waals surface area contributed by atoms with Crippen molar-refractivity contribution in [3.05, 3.63) is 24.3 Å². The van der Waals surface area contributed by atoms with Crippen LogP contribution in [-0.2, 0) is 55.5 Å². The molecule has 2 aromatic rings. The number of aliphatic hydroxyl groups excluding tert-OH is 3. The summed E-state index contributed by atoms with van der Waals surface area (Å²) in [5.74, 6) is 0.778. The molecule has 0 bridgehead atoms. The van der Waals surface area contributed by atoms with Gasteiger partial charge in [0.1, 0.15) is 36.3 Å². The molecule has 0 spiro atoms. The molecule has 5 aliphatic rings. The number of nitrogen functional groups attached to an aromatic ring is 1. The molecule has 26 nitrogen and oxygen atoms in total. The lowest BCUT2D eigenvalue weighted by Crippen LogP contribution is -2.55. The van der Waals surface area contributed by atoms with Gasteiger partial charge in [0.25, 0.3) is 0 Å². The molecule has 30 heteroatoms. The van der Waals surface area contributed by atoms with Gasteiger partial charge in [-0.3, -0.25) is 37.3 Å². The van der Waals surface area contributed by atoms with Crippen molar-refractivity contribution in [2.75, 3.05) is 37.8 Å². The number of ether oxygens (including phenoxy) is 1. The fourth-order valence-electron chi connectivity index (χ4n) is 12.4. The van der Waals surface area contributed by atoms with Crippen LogP contribution >= 0.6 is 35.2 Å². The number of ketones is 1. The van der Waals surface area contributed by atoms with Crippen molar-refractivity contribution in [2.45, 2.75) is 136 Å². The second-order valence-electron chi connectivity index (χ2n) is 21.6. The Labute approximate surface area is 437 Å². The largest absolute Gasteiger partial charge is 0.481 e. The number of anilines is 1. The number of aliphatic hydroxyl groups is 3. The number of nitrogens with zero attached hydrogens (tertiary/aromatic N) is 4. The number of hydrogen-bond donors (Lipinski definition) is 10. The molecule has 4 aliphatic carbocycles. The smallest absolute Gasteiger partial charge is 0.392 e. The lowest BCUT2D eigenvalue weighted by Gasteiger charge is -2.59. The van der Waals surface area contributed by atoms with Gasteiger partial charge in [0.15, 0.2) is 28.6 Å². The molecule has 2 amide bonds. The highest BCUT2D eigenvalue weighted by molar-refractivity contribution is 8.13. The van der Waals surface area contributed by atoms with E-state index in [1.807, 2.05) is 6.08 Å². The van der Waals surface area contributed by atoms with Gasteiger partial charge >= 0.3 is 23.5 Å². The first-order valence-corrected chi connectivity index (χ1v) is 30.4. The van der Waals surface area contributed by atoms with Gasteiger partial charge in [-0.1, -0.05) is 52.0 Å². The number of amides is 2. The first kappa shape index (κ1) is 59.6. The minimum atomic E-state index is -5.60. The Bertz CT molecular complexity index is 2640. The van der Waals surface area contributed by atoms with E-state index in [0.717, 1.165) is 73.1 Å². The molecule has 2 aromatic heterocycles. The number of phosphoric acid groups is 3. The van der Waals surface area contributed by atoms with Gasteiger partial charge in [-0.25, -0.2) is 28.6 Å². The van der Waals surface area contributed by atoms with E-state index in [9.17, 15) is 67.8 Å². The quantitative estimate of drug-likeness (QED) is 0.0564. The Kier molecular flexibility index (Phi) is 18.5. The molecule has 3 saturated carbocycles. The average Bonchev–Trinajstić information content (AvgIpc) is 4.01. The Hall–Kier alpha value is -3.07. The van der Waals surface area contributed by atoms with E-state index >= 15 is 0 Å². The minimum absolute atomic E-state index is 0.0261. The van der Waals surface area contributed by atoms with Crippen LogP contribution in [0.15, 0.2) is 24.3 Å². The summed E-state index contributed by atoms with van der Waals surface area (Å²) in [6.07, 6.45) is 1.74. The molecule has 1 aliphatic heterocycles. The third-order valence-corrected chi connectivity index (χ3v) is 20.3. The van der Waals surface area contributed by atoms with Gasteiger partial charge in [-0.15, -0.1) is 0 Å². The van der Waals surface area contributed by atoms with E-state index < -0.39 is 90.7 Å². The Morgan fingerprint density at radius 2 is 1.71 bits per heavy atom. The van der Waals surface area contributed by atoms with Crippen LogP contribution in [-0.4, -0.2) is 140 Å². The molecule has 0 aromatic carbocycles. The lowest BCUT2D eigenvalue weighted by molar-refractivity contribution is -0.137. The van der Waals surface area contributed by atoms with E-state index in [2.05, 4.69) is 55.2 Å². The van der Waals surface area contributed by atoms with Crippen LogP contribution in [0.2, 0.25) is 0 Å². The second kappa shape index (κ2) is 23.3. The standard InChI is InChI=1S/C45H70N7O19P3S/c1-24(27-7-8-28-34-29(11-14-45(27,28)5)44(4)13-10-26(53)18-25(44)19-30(34)54)6-9-33(56)75-17-16-47-32(55)12-15-48-41(59)38(58)43(2,3)21-68-74(65,66)71-73(63,64)67-20-31-37(70-72(60,61)62)36(57)42(69-31)52-23-51-35-39(46)49-22-50-40(35)52/h18,22-24,27-31,34,36-38,42,54,57-58H,6-17,19-21H2,1-5H3,(H,47,55)(H,48,59)(H,63,64)(H,65,66)(H2,46,49,50)(H2,60,61,62)/t24-,27-,28+,29+,30-,31-,34+,36-,37-,38+,42-,44+,45-/m1/s1. The fourth-order valence-corrected chi connectivity index (χ4v) is 15.9. The molecule has 11 N–H and O–H groups in total. The van der Waals surface area contributed by atoms with Crippen LogP contribution in [0, 0.1) is 45.8 Å². The number of thioether (sulfide) groups is 1. The van der Waals surface area contributed by atoms with Crippen molar-refractivity contribution in [1.82, 2.24) is 30.2 Å². The molecule has 0 radical (unpaired) electrons. The van der Waals surface area contributed by atoms with E-state index in [1.54, 1.807) is 0 Å². The number of aromatic nitrogens is 4. The average molecular weight is 1140 g/mol. The molecular weight excluding hydrogens is 1070 g/mol. The number of nitrogens with one attached hydrogen (secondary N) is 2. The maximum atomic E-state index is 12.9. The SMILES string of the molecule is C[C@H](CCC(=O)SCCNC(=O)CCNC(=O)[C@H](O)C(C)(C)COP(=O)(O)OP(=O)(O)OC[C@H]1O[C@@H](n2cnc3c(N)ncnc32)[C@H](O)[C@@H]1OP(=O)(O)O)[C@H]1CC[C@H]2[C@@H]3[C@H](O)CC4=CC(=O)CC[C@]4(C)[C@H]3CC[C@]12C. The minimum Gasteiger partial charge on any atom is -0.392 e. The van der Waals surface area contributed by atoms with Crippen LogP contribution < -0.4 is 16.4 Å². The summed E-state index contributed by atoms with van der Waals surface area (Å²) in [6, 6.07) is 0. The van der Waals surface area contributed by atoms with E-state index in [0.29, 0.717) is 48.7 Å². The Morgan fingerprint density at radius 3 is 2.43 bits per heavy atom. The summed E-state index contributed by atoms with van der Waals surface area (Å²) in [4.78, 5) is 102. The maximum absolute atomic E-state index is 12.9. The molecule has 75 heavy (non-hydrogen) atoms. The number of nitrogens with two attached hydrogens (primary N) is 1. The van der Waals surface area contributed by atoms with Crippen molar-refractivity contribution in [3.8, 4) is 0 Å². The zero-order valence-corrected chi connectivity index (χ0v) is 45.8. The zero-order chi connectivity index (χ0) is 55.1. The highest BCUT2D eigenvalue weighted by Crippen LogP contribution is 2.68. The first-order chi connectivity index (χ1) is 34.9. The van der Waals surface area contributed by atoms with Crippen molar-refractivity contribution < 1.29 is 90.4 Å². The molecule has 3 heterocycles. The third-order valence-electron chi connectivity index (χ3n) is 16.3. The summed E-state index contributed by atoms with van der Waals surface area (Å²) in [5, 5.41) is 38.3. The highest BCUT2D eigenvalue weighted by Gasteiger charge is 2.62. The lowest BCUT2D eigenvalue weighted by atomic mass is 9.45. The van der Waals surface area contributed by atoms with E-state index in [-0.39, 0.29) is 64.1 Å². The highest BCUT2D eigenvalue weighted by atomic mass is 32.2. The van der Waals surface area contributed by atoms with Crippen LogP contribution in [0.3, 0.4) is 0 Å². The predicted octanol–water partition coefficient (Wildman–Crippen LogP) is 3.20. The van der Waals surface area contributed by atoms with Crippen molar-refractivity contribution in [2.24, 2.45) is 45.8 Å². The van der Waals surface area contributed by atoms with Crippen molar-refractivity contribution >= 4 is 74.9 Å². The fraction of sp³-hybridized carbons (Fsp3) is 0.756. The molecule has 1 saturated heterocycles. The molecular formula is C45H70N7O19P3S. The van der Waals surface area contributed by atoms with Crippen molar-refractivity contribution in [3.63, 3.8) is 0 Å². The van der Waals surface area contributed by atoms with Crippen LogP contribution in [0.1, 0.15) is 105 Å². The van der Waals surface area contributed by atoms with Crippen LogP contribution in [0.5, 0.6) is 0 Å². The number of fused-ring (bicyclic) bond motifs is 6. The van der Waals surface area contributed by atoms with Gasteiger partial charge in [0.2, 0.25) is 11.8 Å². The maximum Gasteiger partial charge on any atom is 0.481 e. The molecule has 7 rings (SSSR count). The molecule has 4 fully saturated rings. The van der Waals surface area contributed by atoms with E-state index in [4.69, 9.17) is 19.5 Å². The van der Waals surface area contributed by atoms with E-state index in [1.165, 1.54) is 13.8 Å². The number of hydrogen-bond acceptors (Lipinski definition) is 20. The molecule has 420 valence electrons. The van der Waals surface area contributed by atoms with Gasteiger partial charge < -0.3 is 56.0 Å². The summed E-state index contributed by atoms with van der Waals surface area (Å²) in [5.41, 5.74) is 5.44. The van der Waals surface area contributed by atoms with Crippen LogP contribution in [0.4, 0.5) is 5.82 Å². The summed E-state index contributed by atoms with van der Waals surface area (Å²) in [7, 11) is -16.5. The number of carbonyl (C=O) groups is 4. The zero-order valence-electron chi connectivity index (χ0n) is 42.3. The number of phosphoric ester groups is 3. The Balaban J connectivity index is 0.780. The van der Waals surface area contributed by atoms with Gasteiger partial charge in [0, 0.05) is 43.5 Å². The second-order valence-corrected chi connectivity index (χ2v) is 27.0.